The predicted octanol–water partition coefficient (Wildman–Crippen LogP) is 1.66. The van der Waals surface area contributed by atoms with Crippen LogP contribution in [0.25, 0.3) is 0 Å². The summed E-state index contributed by atoms with van der Waals surface area (Å²) < 4.78 is 2.02. The number of aromatic nitrogens is 2. The van der Waals surface area contributed by atoms with E-state index in [1.54, 1.807) is 0 Å². The molecule has 5 heteroatoms. The molecule has 96 valence electrons. The van der Waals surface area contributed by atoms with E-state index in [1.165, 1.54) is 0 Å². The van der Waals surface area contributed by atoms with Crippen molar-refractivity contribution in [2.75, 3.05) is 19.6 Å². The summed E-state index contributed by atoms with van der Waals surface area (Å²) in [4.78, 5) is 2.46. The Morgan fingerprint density at radius 1 is 1.47 bits per heavy atom. The van der Waals surface area contributed by atoms with Crippen LogP contribution in [-0.2, 0) is 13.1 Å². The molecule has 1 aliphatic heterocycles. The van der Waals surface area contributed by atoms with Gasteiger partial charge in [-0.05, 0) is 20.4 Å². The lowest BCUT2D eigenvalue weighted by Gasteiger charge is -2.37. The van der Waals surface area contributed by atoms with Crippen molar-refractivity contribution < 1.29 is 0 Å². The number of hydrogen-bond acceptors (Lipinski definition) is 3. The molecule has 2 heterocycles. The zero-order chi connectivity index (χ0) is 12.4. The molecule has 0 atom stereocenters. The van der Waals surface area contributed by atoms with Gasteiger partial charge in [-0.2, -0.15) is 5.10 Å². The van der Waals surface area contributed by atoms with Crippen molar-refractivity contribution in [3.63, 3.8) is 0 Å². The molecule has 0 unspecified atom stereocenters. The van der Waals surface area contributed by atoms with Crippen LogP contribution in [0, 0.1) is 6.92 Å². The molecule has 4 nitrogen and oxygen atoms in total. The van der Waals surface area contributed by atoms with Crippen molar-refractivity contribution in [1.82, 2.24) is 20.0 Å². The molecule has 0 radical (unpaired) electrons. The van der Waals surface area contributed by atoms with Gasteiger partial charge in [-0.25, -0.2) is 0 Å². The molecule has 0 aromatic carbocycles. The maximum atomic E-state index is 6.33. The van der Waals surface area contributed by atoms with Gasteiger partial charge in [0.25, 0.3) is 0 Å². The zero-order valence-electron chi connectivity index (χ0n) is 10.8. The molecule has 1 aliphatic rings. The van der Waals surface area contributed by atoms with Crippen LogP contribution in [0.15, 0.2) is 0 Å². The maximum Gasteiger partial charge on any atom is 0.0860 e. The molecule has 1 aromatic heterocycles. The molecule has 0 aliphatic carbocycles. The molecule has 1 aromatic rings. The van der Waals surface area contributed by atoms with E-state index in [0.29, 0.717) is 6.04 Å². The second-order valence-electron chi connectivity index (χ2n) is 4.54. The van der Waals surface area contributed by atoms with E-state index in [0.717, 1.165) is 49.1 Å². The van der Waals surface area contributed by atoms with E-state index in [9.17, 15) is 0 Å². The van der Waals surface area contributed by atoms with E-state index in [2.05, 4.69) is 29.2 Å². The van der Waals surface area contributed by atoms with Crippen LogP contribution in [0.3, 0.4) is 0 Å². The zero-order valence-corrected chi connectivity index (χ0v) is 11.6. The topological polar surface area (TPSA) is 33.1 Å². The number of likely N-dealkylation sites (N-methyl/N-ethyl adjacent to an activating group) is 1. The summed E-state index contributed by atoms with van der Waals surface area (Å²) in [6.07, 6.45) is 0. The van der Waals surface area contributed by atoms with E-state index in [4.69, 9.17) is 11.6 Å². The monoisotopic (exact) mass is 256 g/mol. The first-order chi connectivity index (χ1) is 8.17. The van der Waals surface area contributed by atoms with Crippen LogP contribution in [0.4, 0.5) is 0 Å². The summed E-state index contributed by atoms with van der Waals surface area (Å²) >= 11 is 6.33. The Kier molecular flexibility index (Phi) is 4.07. The lowest BCUT2D eigenvalue weighted by molar-refractivity contribution is 0.141. The van der Waals surface area contributed by atoms with Crippen LogP contribution in [0.2, 0.25) is 5.02 Å². The van der Waals surface area contributed by atoms with Crippen LogP contribution < -0.4 is 5.32 Å². The highest BCUT2D eigenvalue weighted by Gasteiger charge is 2.25. The van der Waals surface area contributed by atoms with Crippen molar-refractivity contribution in [2.24, 2.45) is 0 Å². The average Bonchev–Trinajstić information content (AvgIpc) is 2.53. The lowest BCUT2D eigenvalue weighted by atomic mass is 10.1. The maximum absolute atomic E-state index is 6.33. The lowest BCUT2D eigenvalue weighted by Crippen LogP contribution is -2.56. The quantitative estimate of drug-likeness (QED) is 0.870. The van der Waals surface area contributed by atoms with E-state index >= 15 is 0 Å². The SMILES string of the molecule is CCN(Cc1c(Cl)c(C)nn1CC)C1CNC1. The summed E-state index contributed by atoms with van der Waals surface area (Å²) in [5.41, 5.74) is 2.09. The summed E-state index contributed by atoms with van der Waals surface area (Å²) in [6.45, 7) is 11.3. The average molecular weight is 257 g/mol. The van der Waals surface area contributed by atoms with E-state index in [1.807, 2.05) is 11.6 Å². The minimum Gasteiger partial charge on any atom is -0.314 e. The Hall–Kier alpha value is -0.580. The molecule has 2 rings (SSSR count). The van der Waals surface area contributed by atoms with Crippen LogP contribution in [-0.4, -0.2) is 40.4 Å². The third-order valence-electron chi connectivity index (χ3n) is 3.49. The van der Waals surface area contributed by atoms with Crippen LogP contribution >= 0.6 is 11.6 Å². The van der Waals surface area contributed by atoms with Crippen LogP contribution in [0.1, 0.15) is 25.2 Å². The number of aryl methyl sites for hydroxylation is 2. The summed E-state index contributed by atoms with van der Waals surface area (Å²) in [5.74, 6) is 0. The fourth-order valence-electron chi connectivity index (χ4n) is 2.24. The first-order valence-corrected chi connectivity index (χ1v) is 6.71. The van der Waals surface area contributed by atoms with Gasteiger partial charge in [0.15, 0.2) is 0 Å². The first kappa shape index (κ1) is 12.9. The summed E-state index contributed by atoms with van der Waals surface area (Å²) in [7, 11) is 0. The summed E-state index contributed by atoms with van der Waals surface area (Å²) in [6, 6.07) is 0.650. The molecule has 1 fully saturated rings. The van der Waals surface area contributed by atoms with E-state index in [-0.39, 0.29) is 0 Å². The highest BCUT2D eigenvalue weighted by atomic mass is 35.5. The molecule has 1 saturated heterocycles. The Morgan fingerprint density at radius 2 is 2.18 bits per heavy atom. The molecule has 17 heavy (non-hydrogen) atoms. The Morgan fingerprint density at radius 3 is 2.65 bits per heavy atom. The van der Waals surface area contributed by atoms with Crippen molar-refractivity contribution in [3.05, 3.63) is 16.4 Å². The smallest absolute Gasteiger partial charge is 0.0860 e. The normalized spacial score (nSPS) is 16.5. The highest BCUT2D eigenvalue weighted by molar-refractivity contribution is 6.31. The van der Waals surface area contributed by atoms with Gasteiger partial charge in [0.2, 0.25) is 0 Å². The Labute approximate surface area is 108 Å². The third-order valence-corrected chi connectivity index (χ3v) is 3.98. The molecule has 1 N–H and O–H groups in total. The highest BCUT2D eigenvalue weighted by Crippen LogP contribution is 2.23. The largest absolute Gasteiger partial charge is 0.314 e. The van der Waals surface area contributed by atoms with Gasteiger partial charge in [0.05, 0.1) is 16.4 Å². The Balaban J connectivity index is 2.15. The fraction of sp³-hybridized carbons (Fsp3) is 0.750. The van der Waals surface area contributed by atoms with Crippen molar-refractivity contribution >= 4 is 11.6 Å². The summed E-state index contributed by atoms with van der Waals surface area (Å²) in [5, 5.41) is 8.61. The molecule has 0 bridgehead atoms. The first-order valence-electron chi connectivity index (χ1n) is 6.33. The minimum atomic E-state index is 0.650. The van der Waals surface area contributed by atoms with Crippen molar-refractivity contribution in [3.8, 4) is 0 Å². The third kappa shape index (κ3) is 2.49. The second kappa shape index (κ2) is 5.38. The number of rotatable bonds is 5. The van der Waals surface area contributed by atoms with Crippen molar-refractivity contribution in [2.45, 2.75) is 39.9 Å². The molecule has 0 amide bonds. The molecular formula is C12H21ClN4. The number of hydrogen-bond donors (Lipinski definition) is 1. The number of nitrogens with zero attached hydrogens (tertiary/aromatic N) is 3. The van der Waals surface area contributed by atoms with Crippen LogP contribution in [0.5, 0.6) is 0 Å². The van der Waals surface area contributed by atoms with Gasteiger partial charge >= 0.3 is 0 Å². The van der Waals surface area contributed by atoms with E-state index < -0.39 is 0 Å². The second-order valence-corrected chi connectivity index (χ2v) is 4.91. The van der Waals surface area contributed by atoms with Gasteiger partial charge in [0, 0.05) is 32.2 Å². The predicted molar refractivity (Wildman–Crippen MR) is 70.4 cm³/mol. The number of halogens is 1. The molecular weight excluding hydrogens is 236 g/mol. The van der Waals surface area contributed by atoms with Gasteiger partial charge < -0.3 is 5.32 Å². The van der Waals surface area contributed by atoms with Crippen molar-refractivity contribution in [1.29, 1.82) is 0 Å². The minimum absolute atomic E-state index is 0.650. The fourth-order valence-corrected chi connectivity index (χ4v) is 2.44. The van der Waals surface area contributed by atoms with Gasteiger partial charge in [-0.1, -0.05) is 18.5 Å². The van der Waals surface area contributed by atoms with Gasteiger partial charge in [-0.15, -0.1) is 0 Å². The standard InChI is InChI=1S/C12H21ClN4/c1-4-16(10-6-14-7-10)8-11-12(13)9(3)15-17(11)5-2/h10,14H,4-8H2,1-3H3. The number of nitrogens with one attached hydrogen (secondary N) is 1. The Bertz CT molecular complexity index is 384. The molecule has 0 spiro atoms. The van der Waals surface area contributed by atoms with Gasteiger partial charge in [0.1, 0.15) is 0 Å². The molecule has 0 saturated carbocycles. The van der Waals surface area contributed by atoms with Gasteiger partial charge in [-0.3, -0.25) is 9.58 Å².